The average Bonchev–Trinajstić information content (AvgIpc) is 3.06. The molecule has 7 nitrogen and oxygen atoms in total. The molecule has 3 fully saturated rings. The molecule has 1 heterocycles. The molecule has 2 aliphatic carbocycles. The van der Waals surface area contributed by atoms with Gasteiger partial charge in [0.05, 0.1) is 12.1 Å². The molecule has 1 aromatic rings. The van der Waals surface area contributed by atoms with E-state index in [0.29, 0.717) is 12.5 Å². The first-order chi connectivity index (χ1) is 16.3. The molecule has 0 radical (unpaired) electrons. The first-order valence-corrected chi connectivity index (χ1v) is 12.8. The van der Waals surface area contributed by atoms with Crippen LogP contribution in [0.15, 0.2) is 30.3 Å². The second-order valence-corrected chi connectivity index (χ2v) is 10.8. The monoisotopic (exact) mass is 468 g/mol. The van der Waals surface area contributed by atoms with E-state index in [0.717, 1.165) is 32.2 Å². The van der Waals surface area contributed by atoms with Gasteiger partial charge in [-0.1, -0.05) is 36.8 Å². The van der Waals surface area contributed by atoms with Gasteiger partial charge in [0, 0.05) is 45.6 Å². The first kappa shape index (κ1) is 24.7. The number of carbonyl (C=O) groups is 3. The summed E-state index contributed by atoms with van der Waals surface area (Å²) in [6.07, 6.45) is 7.78. The Kier molecular flexibility index (Phi) is 7.31. The van der Waals surface area contributed by atoms with E-state index in [9.17, 15) is 14.4 Å². The highest BCUT2D eigenvalue weighted by Crippen LogP contribution is 2.47. The molecule has 1 N–H and O–H groups in total. The fourth-order valence-corrected chi connectivity index (χ4v) is 5.98. The zero-order valence-electron chi connectivity index (χ0n) is 21.0. The van der Waals surface area contributed by atoms with E-state index in [-0.39, 0.29) is 48.2 Å². The maximum absolute atomic E-state index is 13.5. The molecule has 3 aliphatic rings. The number of nitrogens with one attached hydrogen (secondary N) is 1. The van der Waals surface area contributed by atoms with Gasteiger partial charge in [-0.3, -0.25) is 9.59 Å². The Balaban J connectivity index is 1.47. The number of hydrogen-bond donors (Lipinski definition) is 1. The van der Waals surface area contributed by atoms with Crippen molar-refractivity contribution in [3.05, 3.63) is 35.9 Å². The normalized spacial score (nSPS) is 27.2. The van der Waals surface area contributed by atoms with E-state index in [1.807, 2.05) is 13.1 Å². The summed E-state index contributed by atoms with van der Waals surface area (Å²) in [4.78, 5) is 43.5. The van der Waals surface area contributed by atoms with Crippen molar-refractivity contribution in [3.63, 3.8) is 0 Å². The van der Waals surface area contributed by atoms with Gasteiger partial charge in [0.1, 0.15) is 0 Å². The predicted octanol–water partition coefficient (Wildman–Crippen LogP) is 3.39. The van der Waals surface area contributed by atoms with Crippen LogP contribution in [0.3, 0.4) is 0 Å². The molecule has 0 unspecified atom stereocenters. The molecule has 1 aliphatic heterocycles. The number of rotatable bonds is 9. The van der Waals surface area contributed by atoms with Crippen LogP contribution in [0.2, 0.25) is 0 Å². The fourth-order valence-electron chi connectivity index (χ4n) is 5.98. The summed E-state index contributed by atoms with van der Waals surface area (Å²) in [5, 5.41) is 3.60. The van der Waals surface area contributed by atoms with Crippen molar-refractivity contribution in [2.75, 3.05) is 40.8 Å². The third kappa shape index (κ3) is 4.85. The van der Waals surface area contributed by atoms with Gasteiger partial charge in [-0.05, 0) is 57.1 Å². The SMILES string of the molecule is CNC1(c2ccccc2)CCC2(CC1)CN(CC(=O)CCC(=O)N(C)C)C(=O)N2CC1CCC1. The Bertz CT molecular complexity index is 888. The molecule has 1 spiro atoms. The number of amides is 3. The largest absolute Gasteiger partial charge is 0.349 e. The predicted molar refractivity (Wildman–Crippen MR) is 132 cm³/mol. The molecule has 4 rings (SSSR count). The molecule has 1 saturated heterocycles. The second-order valence-electron chi connectivity index (χ2n) is 10.8. The standard InChI is InChI=1S/C27H40N4O3/c1-28-27(22-10-5-4-6-11-22)16-14-26(15-17-27)20-30(19-23(32)12-13-24(33)29(2)3)25(34)31(26)18-21-8-7-9-21/h4-6,10-11,21,28H,7-9,12-20H2,1-3H3. The minimum absolute atomic E-state index is 0.0101. The van der Waals surface area contributed by atoms with Crippen LogP contribution in [0.5, 0.6) is 0 Å². The maximum Gasteiger partial charge on any atom is 0.321 e. The smallest absolute Gasteiger partial charge is 0.321 e. The summed E-state index contributed by atoms with van der Waals surface area (Å²) in [6, 6.07) is 10.6. The van der Waals surface area contributed by atoms with Crippen LogP contribution in [0.4, 0.5) is 4.79 Å². The van der Waals surface area contributed by atoms with Crippen molar-refractivity contribution in [2.24, 2.45) is 5.92 Å². The molecule has 186 valence electrons. The lowest BCUT2D eigenvalue weighted by molar-refractivity contribution is -0.131. The van der Waals surface area contributed by atoms with E-state index in [2.05, 4.69) is 34.5 Å². The Morgan fingerprint density at radius 1 is 1.06 bits per heavy atom. The van der Waals surface area contributed by atoms with Crippen LogP contribution in [0, 0.1) is 5.92 Å². The highest BCUT2D eigenvalue weighted by molar-refractivity contribution is 5.89. The maximum atomic E-state index is 13.5. The summed E-state index contributed by atoms with van der Waals surface area (Å²) in [6.45, 7) is 1.53. The summed E-state index contributed by atoms with van der Waals surface area (Å²) < 4.78 is 0. The van der Waals surface area contributed by atoms with Crippen LogP contribution in [0.25, 0.3) is 0 Å². The van der Waals surface area contributed by atoms with Gasteiger partial charge in [-0.15, -0.1) is 0 Å². The minimum Gasteiger partial charge on any atom is -0.349 e. The summed E-state index contributed by atoms with van der Waals surface area (Å²) in [5.74, 6) is 0.494. The Labute approximate surface area is 203 Å². The number of hydrogen-bond acceptors (Lipinski definition) is 4. The zero-order chi connectivity index (χ0) is 24.3. The Hall–Kier alpha value is -2.41. The summed E-state index contributed by atoms with van der Waals surface area (Å²) in [5.41, 5.74) is 1.02. The number of nitrogens with zero attached hydrogens (tertiary/aromatic N) is 3. The third-order valence-electron chi connectivity index (χ3n) is 8.55. The summed E-state index contributed by atoms with van der Waals surface area (Å²) in [7, 11) is 5.43. The quantitative estimate of drug-likeness (QED) is 0.603. The second kappa shape index (κ2) is 10.1. The molecule has 2 saturated carbocycles. The van der Waals surface area contributed by atoms with Gasteiger partial charge < -0.3 is 20.0 Å². The highest BCUT2D eigenvalue weighted by atomic mass is 16.2. The van der Waals surface area contributed by atoms with E-state index in [4.69, 9.17) is 0 Å². The topological polar surface area (TPSA) is 73.0 Å². The van der Waals surface area contributed by atoms with Crippen LogP contribution in [-0.2, 0) is 15.1 Å². The van der Waals surface area contributed by atoms with Gasteiger partial charge in [0.15, 0.2) is 5.78 Å². The molecule has 0 bridgehead atoms. The molecular weight excluding hydrogens is 428 g/mol. The van der Waals surface area contributed by atoms with Crippen LogP contribution in [0.1, 0.15) is 63.4 Å². The molecule has 7 heteroatoms. The van der Waals surface area contributed by atoms with E-state index in [1.165, 1.54) is 29.7 Å². The van der Waals surface area contributed by atoms with Crippen molar-refractivity contribution in [2.45, 2.75) is 68.9 Å². The third-order valence-corrected chi connectivity index (χ3v) is 8.55. The van der Waals surface area contributed by atoms with Crippen LogP contribution < -0.4 is 5.32 Å². The van der Waals surface area contributed by atoms with Crippen molar-refractivity contribution < 1.29 is 14.4 Å². The van der Waals surface area contributed by atoms with Gasteiger partial charge in [0.2, 0.25) is 5.91 Å². The number of Topliss-reactive ketones (excluding diaryl/α,β-unsaturated/α-hetero) is 1. The number of ketones is 1. The minimum atomic E-state index is -0.207. The van der Waals surface area contributed by atoms with Crippen molar-refractivity contribution >= 4 is 17.7 Å². The van der Waals surface area contributed by atoms with Gasteiger partial charge in [-0.25, -0.2) is 4.79 Å². The van der Waals surface area contributed by atoms with Gasteiger partial charge >= 0.3 is 6.03 Å². The summed E-state index contributed by atoms with van der Waals surface area (Å²) >= 11 is 0. The molecular formula is C27H40N4O3. The lowest BCUT2D eigenvalue weighted by Crippen LogP contribution is -2.56. The average molecular weight is 469 g/mol. The lowest BCUT2D eigenvalue weighted by Gasteiger charge is -2.49. The first-order valence-electron chi connectivity index (χ1n) is 12.8. The Morgan fingerprint density at radius 2 is 1.74 bits per heavy atom. The molecule has 34 heavy (non-hydrogen) atoms. The van der Waals surface area contributed by atoms with E-state index < -0.39 is 0 Å². The highest BCUT2D eigenvalue weighted by Gasteiger charge is 2.54. The number of carbonyl (C=O) groups excluding carboxylic acids is 3. The molecule has 0 aromatic heterocycles. The van der Waals surface area contributed by atoms with E-state index >= 15 is 0 Å². The Morgan fingerprint density at radius 3 is 2.29 bits per heavy atom. The van der Waals surface area contributed by atoms with E-state index in [1.54, 1.807) is 19.0 Å². The van der Waals surface area contributed by atoms with Crippen molar-refractivity contribution in [1.82, 2.24) is 20.0 Å². The van der Waals surface area contributed by atoms with Crippen LogP contribution >= 0.6 is 0 Å². The molecule has 1 aromatic carbocycles. The van der Waals surface area contributed by atoms with Crippen molar-refractivity contribution in [1.29, 1.82) is 0 Å². The van der Waals surface area contributed by atoms with Gasteiger partial charge in [0.25, 0.3) is 0 Å². The van der Waals surface area contributed by atoms with Crippen molar-refractivity contribution in [3.8, 4) is 0 Å². The lowest BCUT2D eigenvalue weighted by atomic mass is 9.68. The molecule has 0 atom stereocenters. The van der Waals surface area contributed by atoms with Gasteiger partial charge in [-0.2, -0.15) is 0 Å². The van der Waals surface area contributed by atoms with Crippen LogP contribution in [-0.4, -0.2) is 78.7 Å². The fraction of sp³-hybridized carbons (Fsp3) is 0.667. The molecule has 3 amide bonds. The number of benzene rings is 1. The zero-order valence-corrected chi connectivity index (χ0v) is 21.0. The number of urea groups is 1.